The number of carbonyl (C=O) groups is 1. The minimum Gasteiger partial charge on any atom is -0.365 e. The number of nitrogens with two attached hydrogens (primary N) is 1. The molecule has 4 N–H and O–H groups in total. The number of amides is 1. The number of pyridine rings is 1. The molecule has 0 atom stereocenters. The van der Waals surface area contributed by atoms with Crippen molar-refractivity contribution in [2.24, 2.45) is 5.73 Å². The Balaban J connectivity index is 1.44. The Hall–Kier alpha value is -4.17. The lowest BCUT2D eigenvalue weighted by molar-refractivity contribution is -0.895. The molecule has 0 bridgehead atoms. The van der Waals surface area contributed by atoms with Gasteiger partial charge < -0.3 is 24.6 Å². The molecule has 0 aliphatic heterocycles. The lowest BCUT2D eigenvalue weighted by Gasteiger charge is -2.28. The first-order chi connectivity index (χ1) is 16.3. The number of primary amides is 1. The van der Waals surface area contributed by atoms with Gasteiger partial charge in [-0.05, 0) is 23.8 Å². The summed E-state index contributed by atoms with van der Waals surface area (Å²) in [6, 6.07) is 14.2. The van der Waals surface area contributed by atoms with Crippen LogP contribution in [-0.2, 0) is 17.8 Å². The zero-order valence-corrected chi connectivity index (χ0v) is 19.2. The molecule has 5 rings (SSSR count). The van der Waals surface area contributed by atoms with Crippen LogP contribution < -0.4 is 11.3 Å². The van der Waals surface area contributed by atoms with Gasteiger partial charge in [-0.25, -0.2) is 4.98 Å². The van der Waals surface area contributed by atoms with E-state index < -0.39 is 0 Å². The predicted octanol–water partition coefficient (Wildman–Crippen LogP) is 2.82. The van der Waals surface area contributed by atoms with Gasteiger partial charge in [-0.2, -0.15) is 0 Å². The van der Waals surface area contributed by atoms with Crippen molar-refractivity contribution in [3.8, 4) is 11.1 Å². The number of quaternary nitrogens is 1. The van der Waals surface area contributed by atoms with Gasteiger partial charge in [0.1, 0.15) is 17.7 Å². The number of aromatic amines is 2. The molecule has 4 heterocycles. The number of hydrogen-bond acceptors (Lipinski definition) is 3. The molecule has 1 amide bonds. The van der Waals surface area contributed by atoms with Gasteiger partial charge in [0.15, 0.2) is 6.54 Å². The standard InChI is InChI=1S/C26H26N6O2/c1-32(2,16-24(27)33)15-18-7-5-17(6-8-18)10-20-12-30-26(34)23-11-19(14-31(20)23)22-13-29-25-21(22)4-3-9-28-25/h3-9,11-14H,10,15-16H2,1-2H3,(H3-,27,28,29,30,33,34)/p+1. The minimum absolute atomic E-state index is 0.127. The van der Waals surface area contributed by atoms with Crippen LogP contribution >= 0.6 is 0 Å². The molecule has 5 aromatic rings. The van der Waals surface area contributed by atoms with Gasteiger partial charge in [0.2, 0.25) is 0 Å². The van der Waals surface area contributed by atoms with Gasteiger partial charge in [0, 0.05) is 59.0 Å². The first-order valence-electron chi connectivity index (χ1n) is 11.1. The second kappa shape index (κ2) is 8.31. The van der Waals surface area contributed by atoms with E-state index in [0.717, 1.165) is 39.0 Å². The summed E-state index contributed by atoms with van der Waals surface area (Å²) in [6.45, 7) is 1.01. The summed E-state index contributed by atoms with van der Waals surface area (Å²) in [5.41, 5.74) is 11.9. The van der Waals surface area contributed by atoms with E-state index in [1.807, 2.05) is 49.1 Å². The van der Waals surface area contributed by atoms with E-state index in [1.165, 1.54) is 0 Å². The van der Waals surface area contributed by atoms with Crippen molar-refractivity contribution in [1.29, 1.82) is 0 Å². The van der Waals surface area contributed by atoms with Crippen LogP contribution in [0.5, 0.6) is 0 Å². The molecule has 0 unspecified atom stereocenters. The van der Waals surface area contributed by atoms with E-state index >= 15 is 0 Å². The Morgan fingerprint density at radius 1 is 1.09 bits per heavy atom. The van der Waals surface area contributed by atoms with Crippen molar-refractivity contribution < 1.29 is 9.28 Å². The Morgan fingerprint density at radius 2 is 1.85 bits per heavy atom. The molecule has 8 nitrogen and oxygen atoms in total. The molecular formula is C26H27N6O2+. The second-order valence-electron chi connectivity index (χ2n) is 9.41. The van der Waals surface area contributed by atoms with Crippen LogP contribution in [0, 0.1) is 0 Å². The van der Waals surface area contributed by atoms with Crippen molar-refractivity contribution in [2.75, 3.05) is 20.6 Å². The largest absolute Gasteiger partial charge is 0.365 e. The molecule has 172 valence electrons. The average Bonchev–Trinajstić information content (AvgIpc) is 3.41. The summed E-state index contributed by atoms with van der Waals surface area (Å²) in [7, 11) is 3.98. The normalized spacial score (nSPS) is 11.9. The highest BCUT2D eigenvalue weighted by Crippen LogP contribution is 2.29. The molecule has 0 spiro atoms. The summed E-state index contributed by atoms with van der Waals surface area (Å²) < 4.78 is 2.47. The molecule has 8 heteroatoms. The number of nitrogens with one attached hydrogen (secondary N) is 2. The average molecular weight is 456 g/mol. The summed E-state index contributed by atoms with van der Waals surface area (Å²) in [5.74, 6) is -0.307. The summed E-state index contributed by atoms with van der Waals surface area (Å²) in [4.78, 5) is 34.3. The minimum atomic E-state index is -0.307. The van der Waals surface area contributed by atoms with Gasteiger partial charge in [-0.3, -0.25) is 9.59 Å². The number of H-pyrrole nitrogens is 2. The zero-order chi connectivity index (χ0) is 23.9. The predicted molar refractivity (Wildman–Crippen MR) is 132 cm³/mol. The van der Waals surface area contributed by atoms with Crippen LogP contribution in [0.4, 0.5) is 0 Å². The third-order valence-electron chi connectivity index (χ3n) is 6.10. The fourth-order valence-electron chi connectivity index (χ4n) is 4.59. The van der Waals surface area contributed by atoms with E-state index in [4.69, 9.17) is 5.73 Å². The quantitative estimate of drug-likeness (QED) is 0.328. The molecule has 0 fully saturated rings. The third kappa shape index (κ3) is 4.23. The maximum absolute atomic E-state index is 12.6. The maximum atomic E-state index is 12.6. The Bertz CT molecular complexity index is 1560. The summed E-state index contributed by atoms with van der Waals surface area (Å²) in [6.07, 6.45) is 8.13. The molecule has 34 heavy (non-hydrogen) atoms. The van der Waals surface area contributed by atoms with E-state index in [9.17, 15) is 9.59 Å². The lowest BCUT2D eigenvalue weighted by Crippen LogP contribution is -2.45. The van der Waals surface area contributed by atoms with Crippen molar-refractivity contribution in [3.63, 3.8) is 0 Å². The van der Waals surface area contributed by atoms with Crippen LogP contribution in [0.15, 0.2) is 72.0 Å². The number of carbonyl (C=O) groups excluding carboxylic acids is 1. The van der Waals surface area contributed by atoms with Crippen LogP contribution in [0.2, 0.25) is 0 Å². The number of fused-ring (bicyclic) bond motifs is 2. The number of aromatic nitrogens is 4. The number of rotatable bonds is 7. The fraction of sp³-hybridized carbons (Fsp3) is 0.192. The number of likely N-dealkylation sites (N-methyl/N-ethyl adjacent to an activating group) is 1. The SMILES string of the molecule is C[N+](C)(CC(N)=O)Cc1ccc(Cc2c[nH]c(=O)c3cc(-c4c[nH]c5ncccc45)cn23)cc1. The summed E-state index contributed by atoms with van der Waals surface area (Å²) >= 11 is 0. The van der Waals surface area contributed by atoms with E-state index in [1.54, 1.807) is 12.4 Å². The molecule has 0 saturated heterocycles. The first kappa shape index (κ1) is 21.7. The topological polar surface area (TPSA) is 109 Å². The first-order valence-corrected chi connectivity index (χ1v) is 11.1. The van der Waals surface area contributed by atoms with Crippen LogP contribution in [-0.4, -0.2) is 50.4 Å². The van der Waals surface area contributed by atoms with Gasteiger partial charge >= 0.3 is 0 Å². The highest BCUT2D eigenvalue weighted by molar-refractivity contribution is 5.94. The van der Waals surface area contributed by atoms with E-state index in [2.05, 4.69) is 39.2 Å². The van der Waals surface area contributed by atoms with Crippen molar-refractivity contribution in [2.45, 2.75) is 13.0 Å². The van der Waals surface area contributed by atoms with Crippen molar-refractivity contribution >= 4 is 22.5 Å². The molecule has 4 aromatic heterocycles. The molecule has 0 saturated carbocycles. The van der Waals surface area contributed by atoms with E-state index in [0.29, 0.717) is 29.5 Å². The highest BCUT2D eigenvalue weighted by Gasteiger charge is 2.19. The maximum Gasteiger partial charge on any atom is 0.272 e. The smallest absolute Gasteiger partial charge is 0.272 e. The Labute approximate surface area is 196 Å². The molecule has 1 aromatic carbocycles. The summed E-state index contributed by atoms with van der Waals surface area (Å²) in [5, 5.41) is 1.02. The monoisotopic (exact) mass is 455 g/mol. The van der Waals surface area contributed by atoms with Crippen molar-refractivity contribution in [1.82, 2.24) is 19.4 Å². The third-order valence-corrected chi connectivity index (χ3v) is 6.10. The zero-order valence-electron chi connectivity index (χ0n) is 19.2. The molecule has 0 radical (unpaired) electrons. The number of benzene rings is 1. The van der Waals surface area contributed by atoms with Crippen LogP contribution in [0.1, 0.15) is 16.8 Å². The highest BCUT2D eigenvalue weighted by atomic mass is 16.1. The Kier molecular flexibility index (Phi) is 5.30. The van der Waals surface area contributed by atoms with Gasteiger partial charge in [0.05, 0.1) is 14.1 Å². The van der Waals surface area contributed by atoms with E-state index in [-0.39, 0.29) is 11.5 Å². The fourth-order valence-corrected chi connectivity index (χ4v) is 4.59. The van der Waals surface area contributed by atoms with Crippen LogP contribution in [0.3, 0.4) is 0 Å². The van der Waals surface area contributed by atoms with Gasteiger partial charge in [-0.15, -0.1) is 0 Å². The molecule has 0 aliphatic rings. The lowest BCUT2D eigenvalue weighted by atomic mass is 10.1. The molecular weight excluding hydrogens is 428 g/mol. The van der Waals surface area contributed by atoms with Crippen LogP contribution in [0.25, 0.3) is 27.7 Å². The van der Waals surface area contributed by atoms with Crippen molar-refractivity contribution in [3.05, 3.63) is 94.4 Å². The second-order valence-corrected chi connectivity index (χ2v) is 9.41. The van der Waals surface area contributed by atoms with Gasteiger partial charge in [-0.1, -0.05) is 24.3 Å². The Morgan fingerprint density at radius 3 is 2.62 bits per heavy atom. The number of nitrogens with zero attached hydrogens (tertiary/aromatic N) is 3. The molecule has 0 aliphatic carbocycles. The van der Waals surface area contributed by atoms with Gasteiger partial charge in [0.25, 0.3) is 11.5 Å². The number of hydrogen-bond donors (Lipinski definition) is 3.